The largest absolute Gasteiger partial charge is 0.326 e. The van der Waals surface area contributed by atoms with Gasteiger partial charge in [-0.2, -0.15) is 0 Å². The molecule has 0 aliphatic rings. The summed E-state index contributed by atoms with van der Waals surface area (Å²) in [6.45, 7) is 2.01. The SMILES string of the molecule is Cc1sc(NC(=O)C(Sc2ccc(NC(=O)Cc3ccc(Cl)cc3)cc2)c2ccccc2)nc1-c1ccccc1. The summed E-state index contributed by atoms with van der Waals surface area (Å²) in [6, 6.07) is 34.4. The lowest BCUT2D eigenvalue weighted by atomic mass is 10.1. The summed E-state index contributed by atoms with van der Waals surface area (Å²) in [5, 5.41) is 6.68. The molecule has 0 saturated carbocycles. The van der Waals surface area contributed by atoms with E-state index in [1.54, 1.807) is 12.1 Å². The second kappa shape index (κ2) is 13.0. The molecule has 0 bridgehead atoms. The van der Waals surface area contributed by atoms with Crippen LogP contribution in [0.1, 0.15) is 21.3 Å². The van der Waals surface area contributed by atoms with Gasteiger partial charge in [0.15, 0.2) is 5.13 Å². The first-order valence-corrected chi connectivity index (χ1v) is 14.7. The minimum absolute atomic E-state index is 0.113. The molecule has 1 unspecified atom stereocenters. The smallest absolute Gasteiger partial charge is 0.244 e. The van der Waals surface area contributed by atoms with Gasteiger partial charge in [-0.05, 0) is 54.4 Å². The number of anilines is 2. The molecule has 5 aromatic rings. The zero-order chi connectivity index (χ0) is 27.9. The van der Waals surface area contributed by atoms with E-state index < -0.39 is 5.25 Å². The number of thioether (sulfide) groups is 1. The molecule has 0 spiro atoms. The highest BCUT2D eigenvalue weighted by molar-refractivity contribution is 8.00. The molecule has 0 saturated heterocycles. The molecule has 5 nitrogen and oxygen atoms in total. The Labute approximate surface area is 246 Å². The van der Waals surface area contributed by atoms with Crippen molar-refractivity contribution in [2.45, 2.75) is 23.5 Å². The molecule has 1 aromatic heterocycles. The normalized spacial score (nSPS) is 11.6. The monoisotopic (exact) mass is 583 g/mol. The molecule has 0 fully saturated rings. The molecule has 1 atom stereocenters. The van der Waals surface area contributed by atoms with Gasteiger partial charge in [0.2, 0.25) is 11.8 Å². The second-order valence-electron chi connectivity index (χ2n) is 9.06. The Kier molecular flexibility index (Phi) is 8.96. The number of hydrogen-bond donors (Lipinski definition) is 2. The van der Waals surface area contributed by atoms with Gasteiger partial charge < -0.3 is 10.6 Å². The summed E-state index contributed by atoms with van der Waals surface area (Å²) >= 11 is 8.84. The fourth-order valence-electron chi connectivity index (χ4n) is 4.13. The summed E-state index contributed by atoms with van der Waals surface area (Å²) in [7, 11) is 0. The van der Waals surface area contributed by atoms with Crippen LogP contribution in [0, 0.1) is 6.92 Å². The molecule has 2 N–H and O–H groups in total. The lowest BCUT2D eigenvalue weighted by Gasteiger charge is -2.16. The van der Waals surface area contributed by atoms with E-state index in [1.165, 1.54) is 23.1 Å². The number of benzene rings is 4. The van der Waals surface area contributed by atoms with Crippen molar-refractivity contribution >= 4 is 57.3 Å². The zero-order valence-electron chi connectivity index (χ0n) is 21.6. The zero-order valence-corrected chi connectivity index (χ0v) is 24.0. The van der Waals surface area contributed by atoms with Crippen LogP contribution in [0.3, 0.4) is 0 Å². The third-order valence-electron chi connectivity index (χ3n) is 6.08. The maximum atomic E-state index is 13.6. The van der Waals surface area contributed by atoms with E-state index >= 15 is 0 Å². The molecule has 40 heavy (non-hydrogen) atoms. The Balaban J connectivity index is 1.27. The number of amides is 2. The van der Waals surface area contributed by atoms with E-state index in [1.807, 2.05) is 104 Å². The molecule has 8 heteroatoms. The van der Waals surface area contributed by atoms with Gasteiger partial charge in [-0.15, -0.1) is 23.1 Å². The van der Waals surface area contributed by atoms with Gasteiger partial charge >= 0.3 is 0 Å². The van der Waals surface area contributed by atoms with Gasteiger partial charge in [-0.1, -0.05) is 84.4 Å². The molecule has 1 heterocycles. The van der Waals surface area contributed by atoms with Gasteiger partial charge in [-0.3, -0.25) is 9.59 Å². The summed E-state index contributed by atoms with van der Waals surface area (Å²) in [4.78, 5) is 32.7. The van der Waals surface area contributed by atoms with Crippen molar-refractivity contribution in [3.05, 3.63) is 130 Å². The minimum Gasteiger partial charge on any atom is -0.326 e. The first-order chi connectivity index (χ1) is 19.4. The number of rotatable bonds is 9. The third-order valence-corrected chi connectivity index (χ3v) is 8.49. The Morgan fingerprint density at radius 1 is 0.850 bits per heavy atom. The highest BCUT2D eigenvalue weighted by Crippen LogP contribution is 2.38. The quantitative estimate of drug-likeness (QED) is 0.171. The van der Waals surface area contributed by atoms with E-state index in [9.17, 15) is 9.59 Å². The van der Waals surface area contributed by atoms with Crippen LogP contribution < -0.4 is 10.6 Å². The van der Waals surface area contributed by atoms with Crippen molar-refractivity contribution in [3.8, 4) is 11.3 Å². The summed E-state index contributed by atoms with van der Waals surface area (Å²) in [5.74, 6) is -0.261. The summed E-state index contributed by atoms with van der Waals surface area (Å²) in [6.07, 6.45) is 0.256. The van der Waals surface area contributed by atoms with Crippen LogP contribution in [0.2, 0.25) is 5.02 Å². The average Bonchev–Trinajstić information content (AvgIpc) is 3.34. The highest BCUT2D eigenvalue weighted by atomic mass is 35.5. The maximum Gasteiger partial charge on any atom is 0.244 e. The average molecular weight is 584 g/mol. The van der Waals surface area contributed by atoms with Gasteiger partial charge in [0.05, 0.1) is 12.1 Å². The van der Waals surface area contributed by atoms with E-state index in [4.69, 9.17) is 16.6 Å². The second-order valence-corrected chi connectivity index (χ2v) is 11.9. The van der Waals surface area contributed by atoms with Crippen molar-refractivity contribution in [3.63, 3.8) is 0 Å². The maximum absolute atomic E-state index is 13.6. The molecule has 0 radical (unpaired) electrons. The Bertz CT molecular complexity index is 1590. The van der Waals surface area contributed by atoms with Crippen LogP contribution >= 0.6 is 34.7 Å². The topological polar surface area (TPSA) is 71.1 Å². The predicted octanol–water partition coefficient (Wildman–Crippen LogP) is 8.43. The molecule has 4 aromatic carbocycles. The van der Waals surface area contributed by atoms with Crippen LogP contribution in [-0.2, 0) is 16.0 Å². The molecule has 2 amide bonds. The van der Waals surface area contributed by atoms with E-state index in [0.717, 1.165) is 32.2 Å². The Morgan fingerprint density at radius 3 is 2.17 bits per heavy atom. The van der Waals surface area contributed by atoms with Crippen LogP contribution in [0.5, 0.6) is 0 Å². The van der Waals surface area contributed by atoms with Crippen LogP contribution in [-0.4, -0.2) is 16.8 Å². The number of aryl methyl sites for hydroxylation is 1. The number of aromatic nitrogens is 1. The van der Waals surface area contributed by atoms with Crippen molar-refractivity contribution in [2.24, 2.45) is 0 Å². The number of thiazole rings is 1. The lowest BCUT2D eigenvalue weighted by molar-refractivity contribution is -0.116. The van der Waals surface area contributed by atoms with Gasteiger partial charge in [-0.25, -0.2) is 4.98 Å². The number of halogens is 1. The fraction of sp³-hybridized carbons (Fsp3) is 0.0938. The van der Waals surface area contributed by atoms with Crippen molar-refractivity contribution in [1.29, 1.82) is 0 Å². The number of hydrogen-bond acceptors (Lipinski definition) is 5. The van der Waals surface area contributed by atoms with Gasteiger partial charge in [0, 0.05) is 26.0 Å². The van der Waals surface area contributed by atoms with Crippen LogP contribution in [0.15, 0.2) is 114 Å². The molecule has 5 rings (SSSR count). The highest BCUT2D eigenvalue weighted by Gasteiger charge is 2.24. The van der Waals surface area contributed by atoms with E-state index in [2.05, 4.69) is 10.6 Å². The van der Waals surface area contributed by atoms with Gasteiger partial charge in [0.1, 0.15) is 5.25 Å². The molecule has 200 valence electrons. The molecule has 0 aliphatic carbocycles. The summed E-state index contributed by atoms with van der Waals surface area (Å²) in [5.41, 5.74) is 4.36. The van der Waals surface area contributed by atoms with Crippen molar-refractivity contribution in [2.75, 3.05) is 10.6 Å². The lowest BCUT2D eigenvalue weighted by Crippen LogP contribution is -2.19. The number of carbonyl (C=O) groups excluding carboxylic acids is 2. The first kappa shape index (κ1) is 27.6. The number of carbonyl (C=O) groups is 2. The van der Waals surface area contributed by atoms with Crippen molar-refractivity contribution in [1.82, 2.24) is 4.98 Å². The third kappa shape index (κ3) is 7.18. The van der Waals surface area contributed by atoms with Crippen LogP contribution in [0.25, 0.3) is 11.3 Å². The number of nitrogens with zero attached hydrogens (tertiary/aromatic N) is 1. The molecular formula is C32H26ClN3O2S2. The van der Waals surface area contributed by atoms with E-state index in [0.29, 0.717) is 15.8 Å². The number of nitrogens with one attached hydrogen (secondary N) is 2. The van der Waals surface area contributed by atoms with Crippen LogP contribution in [0.4, 0.5) is 10.8 Å². The van der Waals surface area contributed by atoms with Gasteiger partial charge in [0.25, 0.3) is 0 Å². The standard InChI is InChI=1S/C32H26ClN3O2S2/c1-21-29(23-8-4-2-5-9-23)35-32(39-21)36-31(38)30(24-10-6-3-7-11-24)40-27-18-16-26(17-19-27)34-28(37)20-22-12-14-25(33)15-13-22/h2-19,30H,20H2,1H3,(H,34,37)(H,35,36,38). The summed E-state index contributed by atoms with van der Waals surface area (Å²) < 4.78 is 0. The molecular weight excluding hydrogens is 558 g/mol. The Hall–Kier alpha value is -3.91. The first-order valence-electron chi connectivity index (χ1n) is 12.6. The van der Waals surface area contributed by atoms with E-state index in [-0.39, 0.29) is 18.2 Å². The minimum atomic E-state index is -0.490. The Morgan fingerprint density at radius 2 is 1.50 bits per heavy atom. The fourth-order valence-corrected chi connectivity index (χ4v) is 6.12. The molecule has 0 aliphatic heterocycles. The predicted molar refractivity (Wildman–Crippen MR) is 166 cm³/mol. The van der Waals surface area contributed by atoms with Crippen molar-refractivity contribution < 1.29 is 9.59 Å².